The molecule has 0 atom stereocenters. The Kier molecular flexibility index (Phi) is 5.39. The minimum atomic E-state index is 0.0638. The fourth-order valence-electron chi connectivity index (χ4n) is 3.75. The van der Waals surface area contributed by atoms with E-state index in [-0.39, 0.29) is 12.4 Å². The van der Waals surface area contributed by atoms with Crippen LogP contribution in [0.5, 0.6) is 0 Å². The minimum absolute atomic E-state index is 0.0638. The number of carbonyl (C=O) groups is 1. The lowest BCUT2D eigenvalue weighted by molar-refractivity contribution is 0.0972. The van der Waals surface area contributed by atoms with Gasteiger partial charge in [-0.15, -0.1) is 0 Å². The Labute approximate surface area is 142 Å². The van der Waals surface area contributed by atoms with Crippen LogP contribution < -0.4 is 0 Å². The molecule has 0 unspecified atom stereocenters. The quantitative estimate of drug-likeness (QED) is 0.780. The highest BCUT2D eigenvalue weighted by atomic mass is 35.5. The Morgan fingerprint density at radius 1 is 1.30 bits per heavy atom. The maximum Gasteiger partial charge on any atom is 0.165 e. The van der Waals surface area contributed by atoms with E-state index < -0.39 is 0 Å². The molecule has 1 N–H and O–H groups in total. The van der Waals surface area contributed by atoms with E-state index in [9.17, 15) is 9.90 Å². The van der Waals surface area contributed by atoms with Gasteiger partial charge in [0.2, 0.25) is 0 Å². The number of halogens is 1. The van der Waals surface area contributed by atoms with Crippen LogP contribution in [0, 0.1) is 5.92 Å². The first kappa shape index (κ1) is 16.5. The van der Waals surface area contributed by atoms with E-state index in [4.69, 9.17) is 11.6 Å². The summed E-state index contributed by atoms with van der Waals surface area (Å²) >= 11 is 6.33. The Morgan fingerprint density at radius 3 is 2.83 bits per heavy atom. The number of Topliss-reactive ketones (excluding diaryl/α,β-unsaturated/α-hetero) is 1. The normalized spacial score (nSPS) is 16.1. The third-order valence-electron chi connectivity index (χ3n) is 4.99. The lowest BCUT2D eigenvalue weighted by atomic mass is 9.85. The van der Waals surface area contributed by atoms with Crippen molar-refractivity contribution in [2.45, 2.75) is 51.4 Å². The van der Waals surface area contributed by atoms with Crippen LogP contribution in [-0.4, -0.2) is 21.9 Å². The summed E-state index contributed by atoms with van der Waals surface area (Å²) in [4.78, 5) is 12.7. The molecule has 0 aromatic carbocycles. The van der Waals surface area contributed by atoms with Gasteiger partial charge in [-0.05, 0) is 30.5 Å². The molecule has 0 aliphatic heterocycles. The highest BCUT2D eigenvalue weighted by Crippen LogP contribution is 2.30. The number of aliphatic hydroxyl groups is 1. The predicted molar refractivity (Wildman–Crippen MR) is 93.3 cm³/mol. The average Bonchev–Trinajstić information content (AvgIpc) is 2.94. The Hall–Kier alpha value is -1.32. The molecule has 2 heterocycles. The van der Waals surface area contributed by atoms with Crippen molar-refractivity contribution in [2.75, 3.05) is 6.61 Å². The summed E-state index contributed by atoms with van der Waals surface area (Å²) in [6.07, 6.45) is 10.5. The SMILES string of the molecule is O=C(CCC1CCCCC1)c1cc(CCO)n2cccc(Cl)c12. The first-order valence-corrected chi connectivity index (χ1v) is 9.01. The van der Waals surface area contributed by atoms with Crippen LogP contribution in [0.1, 0.15) is 61.0 Å². The van der Waals surface area contributed by atoms with Crippen molar-refractivity contribution in [3.63, 3.8) is 0 Å². The van der Waals surface area contributed by atoms with Gasteiger partial charge in [-0.3, -0.25) is 4.79 Å². The van der Waals surface area contributed by atoms with Crippen molar-refractivity contribution in [1.82, 2.24) is 4.40 Å². The number of carbonyl (C=O) groups excluding carboxylic acids is 1. The van der Waals surface area contributed by atoms with Gasteiger partial charge in [-0.2, -0.15) is 0 Å². The molecule has 3 rings (SSSR count). The predicted octanol–water partition coefficient (Wildman–Crippen LogP) is 4.67. The molecule has 2 aromatic heterocycles. The summed E-state index contributed by atoms with van der Waals surface area (Å²) < 4.78 is 1.94. The van der Waals surface area contributed by atoms with Crippen LogP contribution in [0.2, 0.25) is 5.02 Å². The molecule has 0 saturated heterocycles. The Morgan fingerprint density at radius 2 is 2.09 bits per heavy atom. The van der Waals surface area contributed by atoms with E-state index in [2.05, 4.69) is 0 Å². The number of nitrogens with zero attached hydrogens (tertiary/aromatic N) is 1. The molecule has 1 aliphatic rings. The highest BCUT2D eigenvalue weighted by molar-refractivity contribution is 6.35. The van der Waals surface area contributed by atoms with Gasteiger partial charge in [0.1, 0.15) is 0 Å². The lowest BCUT2D eigenvalue weighted by Crippen LogP contribution is -2.09. The number of pyridine rings is 1. The number of fused-ring (bicyclic) bond motifs is 1. The molecule has 0 radical (unpaired) electrons. The Balaban J connectivity index is 1.81. The molecule has 2 aromatic rings. The molecule has 1 fully saturated rings. The molecular weight excluding hydrogens is 310 g/mol. The standard InChI is InChI=1S/C19H24ClNO2/c20-17-7-4-11-21-15(10-12-22)13-16(19(17)21)18(23)9-8-14-5-2-1-3-6-14/h4,7,11,13-14,22H,1-3,5-6,8-10,12H2. The first-order valence-electron chi connectivity index (χ1n) is 8.63. The third-order valence-corrected chi connectivity index (χ3v) is 5.30. The van der Waals surface area contributed by atoms with E-state index in [0.29, 0.717) is 29.3 Å². The van der Waals surface area contributed by atoms with Crippen LogP contribution in [0.25, 0.3) is 5.52 Å². The molecule has 4 heteroatoms. The number of aliphatic hydroxyl groups excluding tert-OH is 1. The molecule has 1 saturated carbocycles. The van der Waals surface area contributed by atoms with Crippen molar-refractivity contribution in [3.05, 3.63) is 40.7 Å². The summed E-state index contributed by atoms with van der Waals surface area (Å²) in [6.45, 7) is 0.0638. The number of ketones is 1. The molecule has 23 heavy (non-hydrogen) atoms. The van der Waals surface area contributed by atoms with Crippen LogP contribution >= 0.6 is 11.6 Å². The van der Waals surface area contributed by atoms with E-state index in [0.717, 1.165) is 17.6 Å². The molecule has 0 amide bonds. The van der Waals surface area contributed by atoms with Crippen molar-refractivity contribution < 1.29 is 9.90 Å². The fourth-order valence-corrected chi connectivity index (χ4v) is 4.02. The molecule has 1 aliphatic carbocycles. The van der Waals surface area contributed by atoms with Gasteiger partial charge >= 0.3 is 0 Å². The van der Waals surface area contributed by atoms with E-state index in [1.54, 1.807) is 0 Å². The summed E-state index contributed by atoms with van der Waals surface area (Å²) in [6, 6.07) is 5.59. The van der Waals surface area contributed by atoms with Crippen molar-refractivity contribution in [3.8, 4) is 0 Å². The number of hydrogen-bond acceptors (Lipinski definition) is 2. The largest absolute Gasteiger partial charge is 0.396 e. The summed E-state index contributed by atoms with van der Waals surface area (Å²) in [5.74, 6) is 0.874. The maximum atomic E-state index is 12.7. The van der Waals surface area contributed by atoms with E-state index in [1.165, 1.54) is 32.1 Å². The van der Waals surface area contributed by atoms with E-state index >= 15 is 0 Å². The number of rotatable bonds is 6. The smallest absolute Gasteiger partial charge is 0.165 e. The third kappa shape index (κ3) is 3.61. The zero-order valence-electron chi connectivity index (χ0n) is 13.4. The second-order valence-electron chi connectivity index (χ2n) is 6.56. The van der Waals surface area contributed by atoms with Gasteiger partial charge in [0.25, 0.3) is 0 Å². The number of hydrogen-bond donors (Lipinski definition) is 1. The van der Waals surface area contributed by atoms with Crippen molar-refractivity contribution in [1.29, 1.82) is 0 Å². The van der Waals surface area contributed by atoms with Gasteiger partial charge in [0.05, 0.1) is 10.5 Å². The zero-order chi connectivity index (χ0) is 16.2. The van der Waals surface area contributed by atoms with Crippen LogP contribution in [0.15, 0.2) is 24.4 Å². The van der Waals surface area contributed by atoms with Crippen molar-refractivity contribution in [2.24, 2.45) is 5.92 Å². The monoisotopic (exact) mass is 333 g/mol. The van der Waals surface area contributed by atoms with E-state index in [1.807, 2.05) is 28.8 Å². The van der Waals surface area contributed by atoms with Gasteiger partial charge in [-0.25, -0.2) is 0 Å². The second kappa shape index (κ2) is 7.50. The zero-order valence-corrected chi connectivity index (χ0v) is 14.2. The lowest BCUT2D eigenvalue weighted by Gasteiger charge is -2.20. The number of aromatic nitrogens is 1. The van der Waals surface area contributed by atoms with Crippen LogP contribution in [-0.2, 0) is 6.42 Å². The summed E-state index contributed by atoms with van der Waals surface area (Å²) in [5, 5.41) is 9.83. The molecular formula is C19H24ClNO2. The topological polar surface area (TPSA) is 41.7 Å². The second-order valence-corrected chi connectivity index (χ2v) is 6.97. The van der Waals surface area contributed by atoms with Crippen LogP contribution in [0.4, 0.5) is 0 Å². The minimum Gasteiger partial charge on any atom is -0.396 e. The van der Waals surface area contributed by atoms with Gasteiger partial charge < -0.3 is 9.51 Å². The first-order chi connectivity index (χ1) is 11.2. The molecule has 0 spiro atoms. The van der Waals surface area contributed by atoms with Gasteiger partial charge in [0.15, 0.2) is 5.78 Å². The molecule has 0 bridgehead atoms. The van der Waals surface area contributed by atoms with Gasteiger partial charge in [-0.1, -0.05) is 43.7 Å². The maximum absolute atomic E-state index is 12.7. The van der Waals surface area contributed by atoms with Crippen LogP contribution in [0.3, 0.4) is 0 Å². The Bertz CT molecular complexity index is 686. The highest BCUT2D eigenvalue weighted by Gasteiger charge is 2.20. The molecule has 3 nitrogen and oxygen atoms in total. The molecule has 124 valence electrons. The summed E-state index contributed by atoms with van der Waals surface area (Å²) in [5.41, 5.74) is 2.42. The fraction of sp³-hybridized carbons (Fsp3) is 0.526. The van der Waals surface area contributed by atoms with Crippen molar-refractivity contribution >= 4 is 22.9 Å². The summed E-state index contributed by atoms with van der Waals surface area (Å²) in [7, 11) is 0. The average molecular weight is 334 g/mol. The van der Waals surface area contributed by atoms with Gasteiger partial charge in [0, 0.05) is 36.9 Å².